The van der Waals surface area contributed by atoms with E-state index in [-0.39, 0.29) is 31.6 Å². The second-order valence-corrected chi connectivity index (χ2v) is 7.25. The minimum Gasteiger partial charge on any atom is -0.396 e. The number of aliphatic hydroxyl groups is 2. The Morgan fingerprint density at radius 3 is 2.84 bits per heavy atom. The van der Waals surface area contributed by atoms with E-state index in [9.17, 15) is 19.8 Å². The lowest BCUT2D eigenvalue weighted by Crippen LogP contribution is -2.41. The van der Waals surface area contributed by atoms with E-state index in [1.165, 1.54) is 0 Å². The number of nitrogens with zero attached hydrogens (tertiary/aromatic N) is 3. The number of hydrogen-bond donors (Lipinski definition) is 3. The molecule has 1 aliphatic rings. The number of aromatic nitrogens is 2. The molecule has 1 aromatic heterocycles. The van der Waals surface area contributed by atoms with Crippen LogP contribution < -0.4 is 10.2 Å². The van der Waals surface area contributed by atoms with Crippen LogP contribution in [-0.4, -0.2) is 57.9 Å². The van der Waals surface area contributed by atoms with Gasteiger partial charge in [-0.2, -0.15) is 0 Å². The molecule has 0 unspecified atom stereocenters. The fourth-order valence-electron chi connectivity index (χ4n) is 3.61. The lowest BCUT2D eigenvalue weighted by atomic mass is 10.1. The molecule has 0 bridgehead atoms. The summed E-state index contributed by atoms with van der Waals surface area (Å²) in [7, 11) is 0. The fraction of sp³-hybridized carbons (Fsp3) is 0.318. The maximum absolute atomic E-state index is 12.8. The summed E-state index contributed by atoms with van der Waals surface area (Å²) < 4.78 is 7.03. The van der Waals surface area contributed by atoms with Crippen LogP contribution in [0.1, 0.15) is 22.3 Å². The molecule has 9 heteroatoms. The van der Waals surface area contributed by atoms with E-state index in [1.54, 1.807) is 29.2 Å². The van der Waals surface area contributed by atoms with Crippen LogP contribution in [0.2, 0.25) is 0 Å². The van der Waals surface area contributed by atoms with Crippen molar-refractivity contribution in [3.63, 3.8) is 0 Å². The summed E-state index contributed by atoms with van der Waals surface area (Å²) in [4.78, 5) is 31.2. The molecule has 2 aromatic carbocycles. The predicted octanol–water partition coefficient (Wildman–Crippen LogP) is 1.53. The Morgan fingerprint density at radius 2 is 2.06 bits per heavy atom. The number of amides is 2. The number of carbonyl (C=O) groups excluding carboxylic acids is 2. The van der Waals surface area contributed by atoms with Crippen molar-refractivity contribution in [2.75, 3.05) is 36.6 Å². The number of rotatable bonds is 7. The van der Waals surface area contributed by atoms with Gasteiger partial charge in [-0.25, -0.2) is 4.98 Å². The van der Waals surface area contributed by atoms with Gasteiger partial charge in [0, 0.05) is 30.9 Å². The number of benzene rings is 2. The van der Waals surface area contributed by atoms with Crippen LogP contribution in [-0.2, 0) is 22.7 Å². The smallest absolute Gasteiger partial charge is 0.257 e. The summed E-state index contributed by atoms with van der Waals surface area (Å²) in [5.74, 6) is -0.102. The lowest BCUT2D eigenvalue weighted by molar-refractivity contribution is -0.125. The van der Waals surface area contributed by atoms with Gasteiger partial charge in [0.25, 0.3) is 11.8 Å². The van der Waals surface area contributed by atoms with Crippen LogP contribution in [0.3, 0.4) is 0 Å². The molecule has 1 saturated heterocycles. The molecule has 0 spiro atoms. The number of hydrogen-bond acceptors (Lipinski definition) is 6. The first-order valence-electron chi connectivity index (χ1n) is 10.1. The number of imidazole rings is 1. The largest absolute Gasteiger partial charge is 0.396 e. The molecule has 4 rings (SSSR count). The van der Waals surface area contributed by atoms with Crippen LogP contribution >= 0.6 is 0 Å². The number of anilines is 2. The predicted molar refractivity (Wildman–Crippen MR) is 115 cm³/mol. The third-order valence-electron chi connectivity index (χ3n) is 5.17. The Bertz CT molecular complexity index is 1110. The number of aliphatic hydroxyl groups excluding tert-OH is 2. The SMILES string of the molecule is O=C(Nc1nc2cc(N3CCOCC3=O)ccc2n1CCCO)c1cccc(CO)c1. The first-order chi connectivity index (χ1) is 15.1. The molecule has 0 saturated carbocycles. The molecule has 9 nitrogen and oxygen atoms in total. The van der Waals surface area contributed by atoms with Gasteiger partial charge >= 0.3 is 0 Å². The number of fused-ring (bicyclic) bond motifs is 1. The van der Waals surface area contributed by atoms with Crippen molar-refractivity contribution in [1.82, 2.24) is 9.55 Å². The van der Waals surface area contributed by atoms with E-state index in [0.29, 0.717) is 48.7 Å². The van der Waals surface area contributed by atoms with Crippen molar-refractivity contribution in [3.05, 3.63) is 53.6 Å². The number of carbonyl (C=O) groups is 2. The second-order valence-electron chi connectivity index (χ2n) is 7.25. The molecule has 162 valence electrons. The Balaban J connectivity index is 1.67. The number of nitrogens with one attached hydrogen (secondary N) is 1. The number of ether oxygens (including phenoxy) is 1. The maximum Gasteiger partial charge on any atom is 0.257 e. The summed E-state index contributed by atoms with van der Waals surface area (Å²) in [5.41, 5.74) is 3.20. The van der Waals surface area contributed by atoms with Gasteiger partial charge in [0.1, 0.15) is 6.61 Å². The lowest BCUT2D eigenvalue weighted by Gasteiger charge is -2.26. The zero-order valence-corrected chi connectivity index (χ0v) is 17.0. The average molecular weight is 424 g/mol. The van der Waals surface area contributed by atoms with E-state index in [4.69, 9.17) is 4.74 Å². The maximum atomic E-state index is 12.8. The van der Waals surface area contributed by atoms with E-state index in [0.717, 1.165) is 11.2 Å². The summed E-state index contributed by atoms with van der Waals surface area (Å²) in [6.07, 6.45) is 0.498. The Kier molecular flexibility index (Phi) is 6.26. The van der Waals surface area contributed by atoms with Gasteiger partial charge in [0.05, 0.1) is 24.2 Å². The van der Waals surface area contributed by atoms with E-state index in [1.807, 2.05) is 22.8 Å². The van der Waals surface area contributed by atoms with Gasteiger partial charge in [-0.1, -0.05) is 12.1 Å². The molecule has 31 heavy (non-hydrogen) atoms. The van der Waals surface area contributed by atoms with Gasteiger partial charge in [0.15, 0.2) is 0 Å². The van der Waals surface area contributed by atoms with Gasteiger partial charge in [0.2, 0.25) is 5.95 Å². The minimum atomic E-state index is -0.348. The molecule has 2 heterocycles. The Labute approximate surface area is 178 Å². The van der Waals surface area contributed by atoms with Crippen molar-refractivity contribution in [2.45, 2.75) is 19.6 Å². The van der Waals surface area contributed by atoms with Gasteiger partial charge < -0.3 is 24.4 Å². The quantitative estimate of drug-likeness (QED) is 0.530. The molecular weight excluding hydrogens is 400 g/mol. The van der Waals surface area contributed by atoms with Gasteiger partial charge in [-0.15, -0.1) is 0 Å². The Hall–Kier alpha value is -3.27. The second kappa shape index (κ2) is 9.25. The molecule has 3 N–H and O–H groups in total. The van der Waals surface area contributed by atoms with Gasteiger partial charge in [-0.05, 0) is 42.3 Å². The molecule has 0 aliphatic carbocycles. The van der Waals surface area contributed by atoms with Crippen LogP contribution in [0.4, 0.5) is 11.6 Å². The molecule has 2 amide bonds. The van der Waals surface area contributed by atoms with Crippen molar-refractivity contribution >= 4 is 34.5 Å². The number of aryl methyl sites for hydroxylation is 1. The number of morpholine rings is 1. The van der Waals surface area contributed by atoms with Crippen LogP contribution in [0.25, 0.3) is 11.0 Å². The highest BCUT2D eigenvalue weighted by molar-refractivity contribution is 6.04. The molecule has 0 atom stereocenters. The Morgan fingerprint density at radius 1 is 1.19 bits per heavy atom. The van der Waals surface area contributed by atoms with E-state index >= 15 is 0 Å². The molecule has 3 aromatic rings. The molecule has 1 fully saturated rings. The summed E-state index contributed by atoms with van der Waals surface area (Å²) in [5, 5.41) is 21.4. The summed E-state index contributed by atoms with van der Waals surface area (Å²) in [6, 6.07) is 12.3. The monoisotopic (exact) mass is 424 g/mol. The fourth-order valence-corrected chi connectivity index (χ4v) is 3.61. The molecule has 0 radical (unpaired) electrons. The van der Waals surface area contributed by atoms with Crippen LogP contribution in [0.5, 0.6) is 0 Å². The van der Waals surface area contributed by atoms with Crippen LogP contribution in [0, 0.1) is 0 Å². The van der Waals surface area contributed by atoms with Crippen molar-refractivity contribution in [2.24, 2.45) is 0 Å². The third kappa shape index (κ3) is 4.43. The average Bonchev–Trinajstić information content (AvgIpc) is 3.13. The third-order valence-corrected chi connectivity index (χ3v) is 5.17. The minimum absolute atomic E-state index is 0.00592. The summed E-state index contributed by atoms with van der Waals surface area (Å²) in [6.45, 7) is 1.32. The zero-order valence-electron chi connectivity index (χ0n) is 17.0. The molecular formula is C22H24N4O5. The van der Waals surface area contributed by atoms with Crippen molar-refractivity contribution in [3.8, 4) is 0 Å². The highest BCUT2D eigenvalue weighted by atomic mass is 16.5. The molecule has 1 aliphatic heterocycles. The normalized spacial score (nSPS) is 14.3. The van der Waals surface area contributed by atoms with E-state index in [2.05, 4.69) is 10.3 Å². The van der Waals surface area contributed by atoms with Crippen molar-refractivity contribution < 1.29 is 24.5 Å². The van der Waals surface area contributed by atoms with Gasteiger partial charge in [-0.3, -0.25) is 14.9 Å². The topological polar surface area (TPSA) is 117 Å². The highest BCUT2D eigenvalue weighted by Gasteiger charge is 2.22. The summed E-state index contributed by atoms with van der Waals surface area (Å²) >= 11 is 0. The first kappa shape index (κ1) is 21.0. The first-order valence-corrected chi connectivity index (χ1v) is 10.1. The van der Waals surface area contributed by atoms with Crippen LogP contribution in [0.15, 0.2) is 42.5 Å². The standard InChI is InChI=1S/C22H24N4O5/c27-9-2-7-26-19-6-5-17(25-8-10-31-14-20(25)29)12-18(19)23-22(26)24-21(30)16-4-1-3-15(11-16)13-28/h1,3-6,11-12,27-28H,2,7-10,13-14H2,(H,23,24,30). The zero-order chi connectivity index (χ0) is 21.8. The van der Waals surface area contributed by atoms with E-state index < -0.39 is 0 Å². The van der Waals surface area contributed by atoms with Crippen molar-refractivity contribution in [1.29, 1.82) is 0 Å². The highest BCUT2D eigenvalue weighted by Crippen LogP contribution is 2.26.